The summed E-state index contributed by atoms with van der Waals surface area (Å²) in [6.45, 7) is 8.42. The van der Waals surface area contributed by atoms with Crippen LogP contribution >= 0.6 is 0 Å². The van der Waals surface area contributed by atoms with Gasteiger partial charge in [-0.1, -0.05) is 12.2 Å². The molecule has 8 nitrogen and oxygen atoms in total. The summed E-state index contributed by atoms with van der Waals surface area (Å²) in [6, 6.07) is 0.604. The average Bonchev–Trinajstić information content (AvgIpc) is 3.45. The van der Waals surface area contributed by atoms with Crippen LogP contribution in [-0.4, -0.2) is 82.0 Å². The molecule has 0 bridgehead atoms. The Balaban J connectivity index is 1.41. The van der Waals surface area contributed by atoms with Gasteiger partial charge >= 0.3 is 0 Å². The first-order chi connectivity index (χ1) is 13.2. The number of aryl methyl sites for hydroxylation is 1. The second-order valence-corrected chi connectivity index (χ2v) is 7.69. The first kappa shape index (κ1) is 18.4. The number of ether oxygens (including phenoxy) is 1. The maximum absolute atomic E-state index is 5.77. The lowest BCUT2D eigenvalue weighted by Crippen LogP contribution is -2.45. The van der Waals surface area contributed by atoms with Crippen molar-refractivity contribution in [2.45, 2.75) is 44.9 Å². The molecule has 0 saturated carbocycles. The fraction of sp³-hybridized carbons (Fsp3) is 0.737. The van der Waals surface area contributed by atoms with E-state index in [0.717, 1.165) is 69.8 Å². The normalized spacial score (nSPS) is 26.4. The molecule has 27 heavy (non-hydrogen) atoms. The molecule has 1 aromatic heterocycles. The fourth-order valence-corrected chi connectivity index (χ4v) is 4.04. The lowest BCUT2D eigenvalue weighted by atomic mass is 10.2. The van der Waals surface area contributed by atoms with E-state index in [0.29, 0.717) is 18.7 Å². The third-order valence-corrected chi connectivity index (χ3v) is 5.89. The summed E-state index contributed by atoms with van der Waals surface area (Å²) in [5, 5.41) is 12.0. The zero-order valence-corrected chi connectivity index (χ0v) is 16.5. The predicted octanol–water partition coefficient (Wildman–Crippen LogP) is 0.694. The van der Waals surface area contributed by atoms with Crippen molar-refractivity contribution < 1.29 is 4.74 Å². The van der Waals surface area contributed by atoms with Crippen molar-refractivity contribution in [1.82, 2.24) is 29.9 Å². The molecule has 0 aromatic carbocycles. The highest BCUT2D eigenvalue weighted by atomic mass is 16.5. The first-order valence-electron chi connectivity index (χ1n) is 10.1. The molecule has 0 amide bonds. The number of nitrogens with zero attached hydrogens (tertiary/aromatic N) is 6. The van der Waals surface area contributed by atoms with Crippen LogP contribution in [0.15, 0.2) is 17.1 Å². The number of nitrogens with one attached hydrogen (secondary N) is 1. The molecule has 0 spiro atoms. The standard InChI is InChI=1S/C19H31N7O/c1-15-22-23-18(24(15)2)13-21-19(20-12-17-6-5-11-27-17)26-10-7-16(14-26)25-8-3-4-9-25/h3-4,16-17H,5-14H2,1-2H3,(H,20,21). The summed E-state index contributed by atoms with van der Waals surface area (Å²) in [5.41, 5.74) is 0. The van der Waals surface area contributed by atoms with Crippen molar-refractivity contribution in [3.63, 3.8) is 0 Å². The van der Waals surface area contributed by atoms with E-state index in [9.17, 15) is 0 Å². The minimum absolute atomic E-state index is 0.299. The Kier molecular flexibility index (Phi) is 5.73. The van der Waals surface area contributed by atoms with Gasteiger partial charge in [-0.25, -0.2) is 4.99 Å². The van der Waals surface area contributed by atoms with Gasteiger partial charge in [0.25, 0.3) is 0 Å². The van der Waals surface area contributed by atoms with Gasteiger partial charge in [-0.05, 0) is 26.2 Å². The topological polar surface area (TPSA) is 70.8 Å². The molecular formula is C19H31N7O. The highest BCUT2D eigenvalue weighted by Gasteiger charge is 2.30. The fourth-order valence-electron chi connectivity index (χ4n) is 4.04. The Hall–Kier alpha value is -1.93. The van der Waals surface area contributed by atoms with Gasteiger partial charge in [-0.3, -0.25) is 4.90 Å². The average molecular weight is 374 g/mol. The Morgan fingerprint density at radius 3 is 2.85 bits per heavy atom. The minimum atomic E-state index is 0.299. The van der Waals surface area contributed by atoms with Crippen molar-refractivity contribution in [2.24, 2.45) is 12.0 Å². The highest BCUT2D eigenvalue weighted by Crippen LogP contribution is 2.18. The van der Waals surface area contributed by atoms with Crippen LogP contribution in [-0.2, 0) is 18.3 Å². The van der Waals surface area contributed by atoms with E-state index < -0.39 is 0 Å². The van der Waals surface area contributed by atoms with Gasteiger partial charge in [0, 0.05) is 52.4 Å². The van der Waals surface area contributed by atoms with E-state index in [-0.39, 0.29) is 0 Å². The highest BCUT2D eigenvalue weighted by molar-refractivity contribution is 5.80. The minimum Gasteiger partial charge on any atom is -0.376 e. The van der Waals surface area contributed by atoms with Crippen molar-refractivity contribution in [3.8, 4) is 0 Å². The van der Waals surface area contributed by atoms with Crippen LogP contribution in [0.1, 0.15) is 30.9 Å². The molecule has 2 saturated heterocycles. The van der Waals surface area contributed by atoms with Gasteiger partial charge in [0.2, 0.25) is 0 Å². The molecule has 4 heterocycles. The maximum atomic E-state index is 5.77. The monoisotopic (exact) mass is 373 g/mol. The molecule has 1 aromatic rings. The van der Waals surface area contributed by atoms with E-state index in [4.69, 9.17) is 9.73 Å². The van der Waals surface area contributed by atoms with Gasteiger partial charge in [0.1, 0.15) is 12.4 Å². The van der Waals surface area contributed by atoms with Crippen LogP contribution in [0.25, 0.3) is 0 Å². The van der Waals surface area contributed by atoms with Crippen molar-refractivity contribution >= 4 is 5.96 Å². The summed E-state index contributed by atoms with van der Waals surface area (Å²) in [6.07, 6.45) is 8.31. The van der Waals surface area contributed by atoms with Crippen molar-refractivity contribution in [2.75, 3.05) is 39.3 Å². The number of hydrogen-bond donors (Lipinski definition) is 1. The third kappa shape index (κ3) is 4.32. The van der Waals surface area contributed by atoms with E-state index in [1.54, 1.807) is 0 Å². The molecule has 3 aliphatic heterocycles. The van der Waals surface area contributed by atoms with Crippen LogP contribution in [0.5, 0.6) is 0 Å². The third-order valence-electron chi connectivity index (χ3n) is 5.89. The molecule has 2 atom stereocenters. The van der Waals surface area contributed by atoms with E-state index in [1.807, 2.05) is 18.5 Å². The zero-order chi connectivity index (χ0) is 18.6. The van der Waals surface area contributed by atoms with Crippen LogP contribution < -0.4 is 5.32 Å². The maximum Gasteiger partial charge on any atom is 0.194 e. The number of guanidine groups is 1. The second-order valence-electron chi connectivity index (χ2n) is 7.69. The number of aromatic nitrogens is 3. The Labute approximate surface area is 161 Å². The van der Waals surface area contributed by atoms with E-state index in [1.165, 1.54) is 6.42 Å². The number of hydrogen-bond acceptors (Lipinski definition) is 5. The Morgan fingerprint density at radius 1 is 1.30 bits per heavy atom. The first-order valence-corrected chi connectivity index (χ1v) is 10.1. The van der Waals surface area contributed by atoms with E-state index in [2.05, 4.69) is 37.5 Å². The van der Waals surface area contributed by atoms with Gasteiger partial charge in [-0.2, -0.15) is 0 Å². The van der Waals surface area contributed by atoms with Gasteiger partial charge in [0.05, 0.1) is 6.10 Å². The molecular weight excluding hydrogens is 342 g/mol. The molecule has 3 aliphatic rings. The summed E-state index contributed by atoms with van der Waals surface area (Å²) in [4.78, 5) is 9.83. The number of aliphatic imine (C=N–C) groups is 1. The summed E-state index contributed by atoms with van der Waals surface area (Å²) in [7, 11) is 1.99. The zero-order valence-electron chi connectivity index (χ0n) is 16.5. The van der Waals surface area contributed by atoms with Crippen LogP contribution in [0.2, 0.25) is 0 Å². The van der Waals surface area contributed by atoms with Gasteiger partial charge in [-0.15, -0.1) is 10.2 Å². The van der Waals surface area contributed by atoms with Gasteiger partial charge < -0.3 is 19.5 Å². The summed E-state index contributed by atoms with van der Waals surface area (Å²) in [5.74, 6) is 2.78. The smallest absolute Gasteiger partial charge is 0.194 e. The quantitative estimate of drug-likeness (QED) is 0.465. The summed E-state index contributed by atoms with van der Waals surface area (Å²) < 4.78 is 7.78. The lowest BCUT2D eigenvalue weighted by Gasteiger charge is -2.26. The van der Waals surface area contributed by atoms with Crippen molar-refractivity contribution in [1.29, 1.82) is 0 Å². The molecule has 8 heteroatoms. The number of rotatable bonds is 5. The lowest BCUT2D eigenvalue weighted by molar-refractivity contribution is 0.113. The van der Waals surface area contributed by atoms with Crippen LogP contribution in [0.4, 0.5) is 0 Å². The molecule has 4 rings (SSSR count). The largest absolute Gasteiger partial charge is 0.376 e. The summed E-state index contributed by atoms with van der Waals surface area (Å²) >= 11 is 0. The Morgan fingerprint density at radius 2 is 2.15 bits per heavy atom. The molecule has 0 aliphatic carbocycles. The molecule has 148 valence electrons. The molecule has 2 unspecified atom stereocenters. The van der Waals surface area contributed by atoms with E-state index >= 15 is 0 Å². The van der Waals surface area contributed by atoms with Crippen molar-refractivity contribution in [3.05, 3.63) is 23.8 Å². The Bertz CT molecular complexity index is 684. The molecule has 1 N–H and O–H groups in total. The second kappa shape index (κ2) is 8.39. The van der Waals surface area contributed by atoms with Gasteiger partial charge in [0.15, 0.2) is 11.8 Å². The predicted molar refractivity (Wildman–Crippen MR) is 105 cm³/mol. The van der Waals surface area contributed by atoms with Crippen LogP contribution in [0, 0.1) is 6.92 Å². The SMILES string of the molecule is Cc1nnc(CN=C(NCC2CCCO2)N2CCC(N3CC=CC3)C2)n1C. The molecule has 0 radical (unpaired) electrons. The van der Waals surface area contributed by atoms with Crippen LogP contribution in [0.3, 0.4) is 0 Å². The number of likely N-dealkylation sites (tertiary alicyclic amines) is 1. The molecule has 2 fully saturated rings.